The van der Waals surface area contributed by atoms with Crippen molar-refractivity contribution in [2.24, 2.45) is 11.7 Å². The molecule has 1 amide bonds. The molecule has 0 heterocycles. The van der Waals surface area contributed by atoms with Gasteiger partial charge in [-0.05, 0) is 48.2 Å². The number of hydrogen-bond donors (Lipinski definition) is 2. The number of carbonyl (C=O) groups is 1. The molecule has 0 bridgehead atoms. The van der Waals surface area contributed by atoms with E-state index >= 15 is 0 Å². The molecular weight excluding hydrogens is 336 g/mol. The fraction of sp³-hybridized carbons (Fsp3) is 0.350. The van der Waals surface area contributed by atoms with Gasteiger partial charge in [-0.3, -0.25) is 4.79 Å². The number of hydrogen-bond acceptors (Lipinski definition) is 3. The van der Waals surface area contributed by atoms with Crippen molar-refractivity contribution in [2.45, 2.75) is 26.9 Å². The molecule has 5 heteroatoms. The largest absolute Gasteiger partial charge is 0.489 e. The molecule has 2 aromatic carbocycles. The van der Waals surface area contributed by atoms with E-state index in [9.17, 15) is 4.79 Å². The molecule has 0 spiro atoms. The average molecular weight is 363 g/mol. The van der Waals surface area contributed by atoms with Crippen molar-refractivity contribution in [3.8, 4) is 5.75 Å². The van der Waals surface area contributed by atoms with E-state index < -0.39 is 0 Å². The Morgan fingerprint density at radius 1 is 1.20 bits per heavy atom. The third-order valence-electron chi connectivity index (χ3n) is 3.97. The minimum atomic E-state index is 0. The Kier molecular flexibility index (Phi) is 9.03. The second-order valence-corrected chi connectivity index (χ2v) is 6.18. The number of halogens is 1. The summed E-state index contributed by atoms with van der Waals surface area (Å²) >= 11 is 0. The van der Waals surface area contributed by atoms with Gasteiger partial charge in [0.1, 0.15) is 12.4 Å². The van der Waals surface area contributed by atoms with Gasteiger partial charge in [-0.1, -0.05) is 43.3 Å². The Labute approximate surface area is 156 Å². The van der Waals surface area contributed by atoms with Crippen LogP contribution in [0.25, 0.3) is 0 Å². The van der Waals surface area contributed by atoms with Crippen LogP contribution in [0, 0.1) is 12.8 Å². The molecule has 0 saturated carbocycles. The SMILES string of the molecule is Cc1ccccc1COc1cccc(CC(=O)NCC(C)CN)c1.Cl. The Morgan fingerprint density at radius 3 is 2.68 bits per heavy atom. The molecule has 1 atom stereocenters. The number of benzene rings is 2. The molecule has 2 rings (SSSR count). The lowest BCUT2D eigenvalue weighted by molar-refractivity contribution is -0.120. The Morgan fingerprint density at radius 2 is 1.96 bits per heavy atom. The van der Waals surface area contributed by atoms with Crippen molar-refractivity contribution in [1.29, 1.82) is 0 Å². The third-order valence-corrected chi connectivity index (χ3v) is 3.97. The van der Waals surface area contributed by atoms with Gasteiger partial charge in [0.15, 0.2) is 0 Å². The van der Waals surface area contributed by atoms with E-state index in [0.717, 1.165) is 16.9 Å². The van der Waals surface area contributed by atoms with Gasteiger partial charge in [0.05, 0.1) is 6.42 Å². The molecule has 0 aromatic heterocycles. The van der Waals surface area contributed by atoms with Crippen molar-refractivity contribution in [1.82, 2.24) is 5.32 Å². The molecule has 136 valence electrons. The summed E-state index contributed by atoms with van der Waals surface area (Å²) in [4.78, 5) is 12.0. The van der Waals surface area contributed by atoms with Crippen LogP contribution in [0.5, 0.6) is 5.75 Å². The number of carbonyl (C=O) groups excluding carboxylic acids is 1. The minimum Gasteiger partial charge on any atom is -0.489 e. The maximum absolute atomic E-state index is 12.0. The molecule has 4 nitrogen and oxygen atoms in total. The van der Waals surface area contributed by atoms with E-state index in [-0.39, 0.29) is 24.2 Å². The number of aryl methyl sites for hydroxylation is 1. The molecule has 0 aliphatic carbocycles. The summed E-state index contributed by atoms with van der Waals surface area (Å²) in [7, 11) is 0. The van der Waals surface area contributed by atoms with Gasteiger partial charge >= 0.3 is 0 Å². The van der Waals surface area contributed by atoms with Crippen LogP contribution in [0.1, 0.15) is 23.6 Å². The van der Waals surface area contributed by atoms with Gasteiger partial charge < -0.3 is 15.8 Å². The summed E-state index contributed by atoms with van der Waals surface area (Å²) in [5.41, 5.74) is 8.87. The van der Waals surface area contributed by atoms with E-state index in [4.69, 9.17) is 10.5 Å². The Bertz CT molecular complexity index is 676. The predicted octanol–water partition coefficient (Wildman–Crippen LogP) is 3.25. The maximum atomic E-state index is 12.0. The number of nitrogens with two attached hydrogens (primary N) is 1. The lowest BCUT2D eigenvalue weighted by Gasteiger charge is -2.11. The van der Waals surface area contributed by atoms with Crippen LogP contribution in [0.3, 0.4) is 0 Å². The van der Waals surface area contributed by atoms with E-state index in [1.54, 1.807) is 0 Å². The molecule has 25 heavy (non-hydrogen) atoms. The Hall–Kier alpha value is -2.04. The highest BCUT2D eigenvalue weighted by Gasteiger charge is 2.07. The third kappa shape index (κ3) is 7.16. The number of nitrogens with one attached hydrogen (secondary N) is 1. The smallest absolute Gasteiger partial charge is 0.224 e. The fourth-order valence-corrected chi connectivity index (χ4v) is 2.30. The maximum Gasteiger partial charge on any atom is 0.224 e. The summed E-state index contributed by atoms with van der Waals surface area (Å²) in [6, 6.07) is 15.8. The zero-order valence-corrected chi connectivity index (χ0v) is 15.6. The summed E-state index contributed by atoms with van der Waals surface area (Å²) in [6.45, 7) is 5.79. The predicted molar refractivity (Wildman–Crippen MR) is 104 cm³/mol. The highest BCUT2D eigenvalue weighted by atomic mass is 35.5. The first kappa shape index (κ1) is 21.0. The van der Waals surface area contributed by atoms with Crippen LogP contribution in [-0.2, 0) is 17.8 Å². The number of rotatable bonds is 8. The van der Waals surface area contributed by atoms with Crippen molar-refractivity contribution in [3.63, 3.8) is 0 Å². The molecule has 0 aliphatic heterocycles. The van der Waals surface area contributed by atoms with E-state index in [0.29, 0.717) is 26.1 Å². The number of amides is 1. The summed E-state index contributed by atoms with van der Waals surface area (Å²) in [5.74, 6) is 1.07. The second-order valence-electron chi connectivity index (χ2n) is 6.18. The summed E-state index contributed by atoms with van der Waals surface area (Å²) in [6.07, 6.45) is 0.346. The van der Waals surface area contributed by atoms with Crippen LogP contribution in [0.15, 0.2) is 48.5 Å². The zero-order valence-electron chi connectivity index (χ0n) is 14.8. The first-order chi connectivity index (χ1) is 11.6. The van der Waals surface area contributed by atoms with Crippen LogP contribution in [-0.4, -0.2) is 19.0 Å². The molecule has 0 radical (unpaired) electrons. The van der Waals surface area contributed by atoms with Crippen LogP contribution in [0.4, 0.5) is 0 Å². The monoisotopic (exact) mass is 362 g/mol. The zero-order chi connectivity index (χ0) is 17.4. The van der Waals surface area contributed by atoms with Gasteiger partial charge in [-0.2, -0.15) is 0 Å². The van der Waals surface area contributed by atoms with Crippen molar-refractivity contribution < 1.29 is 9.53 Å². The van der Waals surface area contributed by atoms with E-state index in [2.05, 4.69) is 24.4 Å². The van der Waals surface area contributed by atoms with Crippen LogP contribution in [0.2, 0.25) is 0 Å². The lowest BCUT2D eigenvalue weighted by atomic mass is 10.1. The Balaban J connectivity index is 0.00000312. The molecule has 0 aliphatic rings. The van der Waals surface area contributed by atoms with Gasteiger partial charge in [-0.25, -0.2) is 0 Å². The van der Waals surface area contributed by atoms with Crippen LogP contribution >= 0.6 is 12.4 Å². The average Bonchev–Trinajstić information content (AvgIpc) is 2.59. The van der Waals surface area contributed by atoms with Gasteiger partial charge in [-0.15, -0.1) is 12.4 Å². The standard InChI is InChI=1S/C20H26N2O2.ClH/c1-15(12-21)13-22-20(23)11-17-7-5-9-19(10-17)24-14-18-8-4-3-6-16(18)2;/h3-10,15H,11-14,21H2,1-2H3,(H,22,23);1H. The van der Waals surface area contributed by atoms with E-state index in [1.807, 2.05) is 43.3 Å². The van der Waals surface area contributed by atoms with Gasteiger partial charge in [0.2, 0.25) is 5.91 Å². The van der Waals surface area contributed by atoms with Gasteiger partial charge in [0, 0.05) is 6.54 Å². The molecule has 3 N–H and O–H groups in total. The first-order valence-electron chi connectivity index (χ1n) is 8.31. The van der Waals surface area contributed by atoms with Crippen LogP contribution < -0.4 is 15.8 Å². The fourth-order valence-electron chi connectivity index (χ4n) is 2.30. The normalized spacial score (nSPS) is 11.3. The highest BCUT2D eigenvalue weighted by Crippen LogP contribution is 2.17. The van der Waals surface area contributed by atoms with Crippen molar-refractivity contribution in [3.05, 3.63) is 65.2 Å². The second kappa shape index (κ2) is 10.7. The van der Waals surface area contributed by atoms with Crippen molar-refractivity contribution >= 4 is 18.3 Å². The lowest BCUT2D eigenvalue weighted by Crippen LogP contribution is -2.32. The quantitative estimate of drug-likeness (QED) is 0.757. The first-order valence-corrected chi connectivity index (χ1v) is 8.31. The molecule has 1 unspecified atom stereocenters. The molecule has 0 saturated heterocycles. The topological polar surface area (TPSA) is 64.3 Å². The van der Waals surface area contributed by atoms with Crippen molar-refractivity contribution in [2.75, 3.05) is 13.1 Å². The molecular formula is C20H27ClN2O2. The summed E-state index contributed by atoms with van der Waals surface area (Å²) < 4.78 is 5.86. The summed E-state index contributed by atoms with van der Waals surface area (Å²) in [5, 5.41) is 2.91. The van der Waals surface area contributed by atoms with Gasteiger partial charge in [0.25, 0.3) is 0 Å². The highest BCUT2D eigenvalue weighted by molar-refractivity contribution is 5.85. The molecule has 0 fully saturated rings. The van der Waals surface area contributed by atoms with E-state index in [1.165, 1.54) is 5.56 Å². The number of ether oxygens (including phenoxy) is 1. The molecule has 2 aromatic rings. The minimum absolute atomic E-state index is 0.